The number of hydrogen-bond acceptors (Lipinski definition) is 5. The summed E-state index contributed by atoms with van der Waals surface area (Å²) in [5.74, 6) is 0.167. The summed E-state index contributed by atoms with van der Waals surface area (Å²) in [7, 11) is 0. The smallest absolute Gasteiger partial charge is 0.251 e. The number of nitrogens with zero attached hydrogens (tertiary/aromatic N) is 2. The molecule has 0 aliphatic rings. The van der Waals surface area contributed by atoms with E-state index in [0.29, 0.717) is 10.8 Å². The van der Waals surface area contributed by atoms with Gasteiger partial charge < -0.3 is 15.2 Å². The molecule has 0 saturated heterocycles. The number of aromatic amines is 1. The zero-order valence-corrected chi connectivity index (χ0v) is 22.1. The van der Waals surface area contributed by atoms with Crippen LogP contribution in [-0.2, 0) is 11.4 Å². The van der Waals surface area contributed by atoms with E-state index in [2.05, 4.69) is 15.5 Å². The van der Waals surface area contributed by atoms with Gasteiger partial charge in [0.05, 0.1) is 17.9 Å². The summed E-state index contributed by atoms with van der Waals surface area (Å²) in [6, 6.07) is 11.3. The lowest BCUT2D eigenvalue weighted by molar-refractivity contribution is -0.137. The number of pyridine rings is 1. The maximum atomic E-state index is 12.4. The number of carbonyl (C=O) groups excluding carboxylic acids is 1. The number of para-hydroxylation sites is 1. The number of aryl methyl sites for hydroxylation is 3. The molecule has 1 amide bonds. The predicted octanol–water partition coefficient (Wildman–Crippen LogP) is 5.73. The fraction of sp³-hybridized carbons (Fsp3) is 0.321. The Morgan fingerprint density at radius 3 is 2.64 bits per heavy atom. The van der Waals surface area contributed by atoms with Crippen LogP contribution >= 0.6 is 11.6 Å². The largest absolute Gasteiger partial charge is 0.487 e. The lowest BCUT2D eigenvalue weighted by atomic mass is 9.98. The first-order valence-corrected chi connectivity index (χ1v) is 12.2. The molecule has 0 aliphatic carbocycles. The van der Waals surface area contributed by atoms with Gasteiger partial charge >= 0.3 is 0 Å². The van der Waals surface area contributed by atoms with Crippen LogP contribution < -0.4 is 10.1 Å². The van der Waals surface area contributed by atoms with Crippen LogP contribution in [0.2, 0.25) is 5.02 Å². The number of hydrogen-bond donors (Lipinski definition) is 3. The number of halogens is 1. The number of nitrogens with one attached hydrogen (secondary N) is 2. The summed E-state index contributed by atoms with van der Waals surface area (Å²) in [5.41, 5.74) is 5.68. The summed E-state index contributed by atoms with van der Waals surface area (Å²) < 4.78 is 6.31. The van der Waals surface area contributed by atoms with Gasteiger partial charge in [-0.3, -0.25) is 9.89 Å². The molecule has 2 heterocycles. The van der Waals surface area contributed by atoms with E-state index in [1.807, 2.05) is 64.1 Å². The second-order valence-corrected chi connectivity index (χ2v) is 10.2. The SMILES string of the molecule is Cc1cc(Cl)c(COc2cccc3c(-c4[nH]ncc4C)cc(C)nc23)c([C@H](C)NC(=O)C(C)(C)O)c1. The standard InChI is InChI=1S/C28H31ClN4O3/c1-15-10-20(18(4)32-27(34)28(5,6)35)22(23(29)11-15)14-36-24-9-7-8-19-21(12-17(3)31-26(19)24)25-16(2)13-30-33-25/h7-13,18,35H,14H2,1-6H3,(H,30,33)(H,32,34)/t18-/m0/s1. The summed E-state index contributed by atoms with van der Waals surface area (Å²) in [6.07, 6.45) is 1.80. The van der Waals surface area contributed by atoms with Gasteiger partial charge in [-0.2, -0.15) is 5.10 Å². The van der Waals surface area contributed by atoms with Crippen molar-refractivity contribution in [3.05, 3.63) is 75.6 Å². The molecule has 0 radical (unpaired) electrons. The first-order valence-electron chi connectivity index (χ1n) is 11.8. The number of aliphatic hydroxyl groups is 1. The van der Waals surface area contributed by atoms with Gasteiger partial charge in [-0.1, -0.05) is 29.8 Å². The van der Waals surface area contributed by atoms with E-state index >= 15 is 0 Å². The molecule has 4 rings (SSSR count). The molecule has 0 aliphatic heterocycles. The third-order valence-electron chi connectivity index (χ3n) is 6.14. The van der Waals surface area contributed by atoms with Crippen molar-refractivity contribution < 1.29 is 14.6 Å². The Morgan fingerprint density at radius 2 is 1.97 bits per heavy atom. The topological polar surface area (TPSA) is 100 Å². The number of aromatic nitrogens is 3. The lowest BCUT2D eigenvalue weighted by Crippen LogP contribution is -2.43. The van der Waals surface area contributed by atoms with E-state index in [9.17, 15) is 9.90 Å². The Balaban J connectivity index is 1.70. The van der Waals surface area contributed by atoms with Gasteiger partial charge in [0, 0.05) is 27.2 Å². The Morgan fingerprint density at radius 1 is 1.22 bits per heavy atom. The summed E-state index contributed by atoms with van der Waals surface area (Å²) in [6.45, 7) is 10.9. The molecular formula is C28H31ClN4O3. The maximum Gasteiger partial charge on any atom is 0.251 e. The molecule has 8 heteroatoms. The summed E-state index contributed by atoms with van der Waals surface area (Å²) in [4.78, 5) is 17.2. The third kappa shape index (κ3) is 5.22. The Kier molecular flexibility index (Phi) is 7.07. The van der Waals surface area contributed by atoms with Gasteiger partial charge in [0.2, 0.25) is 0 Å². The summed E-state index contributed by atoms with van der Waals surface area (Å²) >= 11 is 6.66. The van der Waals surface area contributed by atoms with E-state index < -0.39 is 11.5 Å². The van der Waals surface area contributed by atoms with Crippen molar-refractivity contribution in [2.75, 3.05) is 0 Å². The van der Waals surface area contributed by atoms with Gasteiger partial charge in [0.1, 0.15) is 23.5 Å². The highest BCUT2D eigenvalue weighted by molar-refractivity contribution is 6.31. The average molecular weight is 507 g/mol. The van der Waals surface area contributed by atoms with Crippen molar-refractivity contribution in [3.8, 4) is 17.0 Å². The number of fused-ring (bicyclic) bond motifs is 1. The molecule has 0 spiro atoms. The first kappa shape index (κ1) is 25.7. The van der Waals surface area contributed by atoms with Crippen LogP contribution in [0.15, 0.2) is 42.6 Å². The van der Waals surface area contributed by atoms with Crippen molar-refractivity contribution in [1.82, 2.24) is 20.5 Å². The van der Waals surface area contributed by atoms with Crippen LogP contribution in [-0.4, -0.2) is 31.8 Å². The second kappa shape index (κ2) is 9.91. The monoisotopic (exact) mass is 506 g/mol. The molecule has 0 saturated carbocycles. The highest BCUT2D eigenvalue weighted by Crippen LogP contribution is 2.35. The molecular weight excluding hydrogens is 476 g/mol. The van der Waals surface area contributed by atoms with Crippen LogP contribution in [0.3, 0.4) is 0 Å². The van der Waals surface area contributed by atoms with E-state index in [0.717, 1.165) is 50.1 Å². The minimum atomic E-state index is -1.49. The van der Waals surface area contributed by atoms with Gasteiger partial charge in [-0.15, -0.1) is 0 Å². The fourth-order valence-corrected chi connectivity index (χ4v) is 4.57. The maximum absolute atomic E-state index is 12.4. The minimum absolute atomic E-state index is 0.185. The van der Waals surface area contributed by atoms with Crippen molar-refractivity contribution in [2.45, 2.75) is 59.8 Å². The van der Waals surface area contributed by atoms with Crippen LogP contribution in [0.5, 0.6) is 5.75 Å². The zero-order chi connectivity index (χ0) is 26.2. The third-order valence-corrected chi connectivity index (χ3v) is 6.48. The lowest BCUT2D eigenvalue weighted by Gasteiger charge is -2.24. The van der Waals surface area contributed by atoms with Crippen LogP contribution in [0.4, 0.5) is 0 Å². The number of rotatable bonds is 7. The molecule has 0 bridgehead atoms. The molecule has 0 unspecified atom stereocenters. The number of carbonyl (C=O) groups is 1. The van der Waals surface area contributed by atoms with Gasteiger partial charge in [-0.05, 0) is 76.4 Å². The van der Waals surface area contributed by atoms with Crippen molar-refractivity contribution in [2.24, 2.45) is 0 Å². The fourth-order valence-electron chi connectivity index (χ4n) is 4.23. The highest BCUT2D eigenvalue weighted by Gasteiger charge is 2.26. The molecule has 4 aromatic rings. The van der Waals surface area contributed by atoms with Gasteiger partial charge in [-0.25, -0.2) is 4.98 Å². The molecule has 188 valence electrons. The number of amides is 1. The predicted molar refractivity (Wildman–Crippen MR) is 142 cm³/mol. The minimum Gasteiger partial charge on any atom is -0.487 e. The van der Waals surface area contributed by atoms with Crippen LogP contribution in [0, 0.1) is 20.8 Å². The number of ether oxygens (including phenoxy) is 1. The number of benzene rings is 2. The first-order chi connectivity index (χ1) is 17.0. The van der Waals surface area contributed by atoms with Crippen molar-refractivity contribution in [3.63, 3.8) is 0 Å². The van der Waals surface area contributed by atoms with Gasteiger partial charge in [0.25, 0.3) is 5.91 Å². The molecule has 36 heavy (non-hydrogen) atoms. The Hall–Kier alpha value is -3.42. The average Bonchev–Trinajstić information content (AvgIpc) is 3.22. The van der Waals surface area contributed by atoms with Crippen LogP contribution in [0.25, 0.3) is 22.2 Å². The summed E-state index contributed by atoms with van der Waals surface area (Å²) in [5, 5.41) is 21.7. The van der Waals surface area contributed by atoms with E-state index in [4.69, 9.17) is 21.3 Å². The van der Waals surface area contributed by atoms with E-state index in [1.165, 1.54) is 13.8 Å². The van der Waals surface area contributed by atoms with Crippen molar-refractivity contribution >= 4 is 28.4 Å². The van der Waals surface area contributed by atoms with E-state index in [-0.39, 0.29) is 12.6 Å². The molecule has 0 fully saturated rings. The second-order valence-electron chi connectivity index (χ2n) is 9.75. The highest BCUT2D eigenvalue weighted by atomic mass is 35.5. The van der Waals surface area contributed by atoms with Crippen LogP contribution in [0.1, 0.15) is 54.8 Å². The molecule has 2 aromatic heterocycles. The van der Waals surface area contributed by atoms with Crippen molar-refractivity contribution in [1.29, 1.82) is 0 Å². The van der Waals surface area contributed by atoms with E-state index in [1.54, 1.807) is 6.20 Å². The molecule has 3 N–H and O–H groups in total. The quantitative estimate of drug-likeness (QED) is 0.297. The molecule has 2 aromatic carbocycles. The Labute approximate surface area is 215 Å². The van der Waals surface area contributed by atoms with Gasteiger partial charge in [0.15, 0.2) is 0 Å². The Bertz CT molecular complexity index is 1440. The molecule has 1 atom stereocenters. The molecule has 7 nitrogen and oxygen atoms in total. The zero-order valence-electron chi connectivity index (χ0n) is 21.4. The normalized spacial score (nSPS) is 12.6. The number of H-pyrrole nitrogens is 1.